The fourth-order valence-corrected chi connectivity index (χ4v) is 2.61. The summed E-state index contributed by atoms with van der Waals surface area (Å²) in [7, 11) is 0. The van der Waals surface area contributed by atoms with Gasteiger partial charge in [0.05, 0.1) is 30.6 Å². The highest BCUT2D eigenvalue weighted by molar-refractivity contribution is 6.34. The van der Waals surface area contributed by atoms with Gasteiger partial charge in [-0.1, -0.05) is 11.6 Å². The first-order chi connectivity index (χ1) is 11.6. The Labute approximate surface area is 144 Å². The maximum Gasteiger partial charge on any atom is 0.277 e. The van der Waals surface area contributed by atoms with E-state index in [0.717, 1.165) is 0 Å². The summed E-state index contributed by atoms with van der Waals surface area (Å²) < 4.78 is 7.03. The second-order valence-corrected chi connectivity index (χ2v) is 6.08. The van der Waals surface area contributed by atoms with E-state index in [4.69, 9.17) is 16.3 Å². The van der Waals surface area contributed by atoms with Gasteiger partial charge >= 0.3 is 0 Å². The number of anilines is 2. The summed E-state index contributed by atoms with van der Waals surface area (Å²) in [6.07, 6.45) is 3.09. The van der Waals surface area contributed by atoms with Crippen LogP contribution in [0.3, 0.4) is 0 Å². The number of nitrogens with one attached hydrogen (secondary N) is 1. The number of rotatable bonds is 4. The Bertz CT molecular complexity index is 727. The standard InChI is InChI=1S/C15H19ClN6O2/c1-10(2)22-12(3-4-18-22)19-14(23)13-11(16)9-17-15(20-13)21-5-7-24-8-6-21/h3-4,9-10H,5-8H2,1-2H3,(H,19,23). The lowest BCUT2D eigenvalue weighted by Gasteiger charge is -2.26. The van der Waals surface area contributed by atoms with Crippen LogP contribution >= 0.6 is 11.6 Å². The normalized spacial score (nSPS) is 14.9. The zero-order valence-electron chi connectivity index (χ0n) is 13.6. The second kappa shape index (κ2) is 7.14. The summed E-state index contributed by atoms with van der Waals surface area (Å²) >= 11 is 6.12. The van der Waals surface area contributed by atoms with Crippen molar-refractivity contribution in [1.82, 2.24) is 19.7 Å². The molecule has 1 fully saturated rings. The number of nitrogens with zero attached hydrogens (tertiary/aromatic N) is 5. The molecule has 1 aliphatic heterocycles. The van der Waals surface area contributed by atoms with Crippen LogP contribution in [0.15, 0.2) is 18.5 Å². The molecule has 1 aliphatic rings. The van der Waals surface area contributed by atoms with E-state index in [9.17, 15) is 4.79 Å². The quantitative estimate of drug-likeness (QED) is 0.907. The average molecular weight is 351 g/mol. The van der Waals surface area contributed by atoms with E-state index in [2.05, 4.69) is 20.4 Å². The number of morpholine rings is 1. The van der Waals surface area contributed by atoms with Crippen LogP contribution < -0.4 is 10.2 Å². The van der Waals surface area contributed by atoms with Gasteiger partial charge in [0, 0.05) is 25.2 Å². The van der Waals surface area contributed by atoms with Gasteiger partial charge in [-0.3, -0.25) is 4.79 Å². The summed E-state index contributed by atoms with van der Waals surface area (Å²) in [5.41, 5.74) is 0.143. The Hall–Kier alpha value is -2.19. The van der Waals surface area contributed by atoms with E-state index in [1.165, 1.54) is 6.20 Å². The lowest BCUT2D eigenvalue weighted by Crippen LogP contribution is -2.37. The SMILES string of the molecule is CC(C)n1nccc1NC(=O)c1nc(N2CCOCC2)ncc1Cl. The molecular formula is C15H19ClN6O2. The first-order valence-electron chi connectivity index (χ1n) is 7.76. The number of hydrogen-bond donors (Lipinski definition) is 1. The van der Waals surface area contributed by atoms with Crippen LogP contribution in [0, 0.1) is 0 Å². The van der Waals surface area contributed by atoms with Crippen molar-refractivity contribution in [3.05, 3.63) is 29.2 Å². The van der Waals surface area contributed by atoms with E-state index in [0.29, 0.717) is 38.1 Å². The summed E-state index contributed by atoms with van der Waals surface area (Å²) in [5.74, 6) is 0.683. The van der Waals surface area contributed by atoms with Gasteiger partial charge in [-0.15, -0.1) is 0 Å². The van der Waals surface area contributed by atoms with Crippen molar-refractivity contribution in [3.8, 4) is 0 Å². The van der Waals surface area contributed by atoms with Gasteiger partial charge in [0.15, 0.2) is 5.69 Å². The zero-order chi connectivity index (χ0) is 17.1. The van der Waals surface area contributed by atoms with Gasteiger partial charge in [0.1, 0.15) is 5.82 Å². The van der Waals surface area contributed by atoms with Gasteiger partial charge < -0.3 is 15.0 Å². The molecule has 24 heavy (non-hydrogen) atoms. The van der Waals surface area contributed by atoms with Crippen molar-refractivity contribution in [3.63, 3.8) is 0 Å². The topological polar surface area (TPSA) is 85.2 Å². The molecule has 0 aromatic carbocycles. The van der Waals surface area contributed by atoms with Gasteiger partial charge in [-0.05, 0) is 13.8 Å². The second-order valence-electron chi connectivity index (χ2n) is 5.67. The number of ether oxygens (including phenoxy) is 1. The Balaban J connectivity index is 1.82. The molecule has 2 aromatic heterocycles. The van der Waals surface area contributed by atoms with Crippen LogP contribution in [-0.4, -0.2) is 52.0 Å². The Morgan fingerprint density at radius 1 is 1.38 bits per heavy atom. The number of amides is 1. The van der Waals surface area contributed by atoms with Crippen LogP contribution in [0.5, 0.6) is 0 Å². The molecule has 0 spiro atoms. The maximum absolute atomic E-state index is 12.6. The molecule has 1 saturated heterocycles. The van der Waals surface area contributed by atoms with Gasteiger partial charge in [-0.25, -0.2) is 14.6 Å². The van der Waals surface area contributed by atoms with Crippen LogP contribution in [0.1, 0.15) is 30.4 Å². The molecule has 128 valence electrons. The summed E-state index contributed by atoms with van der Waals surface area (Å²) in [6, 6.07) is 1.86. The Morgan fingerprint density at radius 3 is 2.83 bits per heavy atom. The molecule has 2 aromatic rings. The minimum atomic E-state index is -0.390. The smallest absolute Gasteiger partial charge is 0.277 e. The van der Waals surface area contributed by atoms with Crippen molar-refractivity contribution >= 4 is 29.3 Å². The Morgan fingerprint density at radius 2 is 2.12 bits per heavy atom. The van der Waals surface area contributed by atoms with Crippen molar-refractivity contribution in [2.45, 2.75) is 19.9 Å². The van der Waals surface area contributed by atoms with Crippen LogP contribution in [-0.2, 0) is 4.74 Å². The first-order valence-corrected chi connectivity index (χ1v) is 8.14. The molecule has 1 N–H and O–H groups in total. The minimum Gasteiger partial charge on any atom is -0.378 e. The van der Waals surface area contributed by atoms with E-state index < -0.39 is 0 Å². The number of halogens is 1. The van der Waals surface area contributed by atoms with Crippen molar-refractivity contribution in [2.24, 2.45) is 0 Å². The van der Waals surface area contributed by atoms with Crippen LogP contribution in [0.2, 0.25) is 5.02 Å². The van der Waals surface area contributed by atoms with E-state index in [-0.39, 0.29) is 22.7 Å². The van der Waals surface area contributed by atoms with Crippen molar-refractivity contribution in [1.29, 1.82) is 0 Å². The molecule has 0 saturated carbocycles. The molecule has 0 aliphatic carbocycles. The molecule has 9 heteroatoms. The molecular weight excluding hydrogens is 332 g/mol. The number of carbonyl (C=O) groups is 1. The zero-order valence-corrected chi connectivity index (χ0v) is 14.3. The Kier molecular flexibility index (Phi) is 4.96. The van der Waals surface area contributed by atoms with Crippen molar-refractivity contribution in [2.75, 3.05) is 36.5 Å². The highest BCUT2D eigenvalue weighted by atomic mass is 35.5. The highest BCUT2D eigenvalue weighted by Gasteiger charge is 2.20. The molecule has 0 bridgehead atoms. The fourth-order valence-electron chi connectivity index (χ4n) is 2.43. The van der Waals surface area contributed by atoms with Gasteiger partial charge in [0.2, 0.25) is 5.95 Å². The minimum absolute atomic E-state index is 0.125. The molecule has 0 atom stereocenters. The summed E-state index contributed by atoms with van der Waals surface area (Å²) in [6.45, 7) is 6.56. The third-order valence-corrected chi connectivity index (χ3v) is 3.92. The monoisotopic (exact) mass is 350 g/mol. The highest BCUT2D eigenvalue weighted by Crippen LogP contribution is 2.20. The summed E-state index contributed by atoms with van der Waals surface area (Å²) in [4.78, 5) is 23.1. The van der Waals surface area contributed by atoms with Gasteiger partial charge in [0.25, 0.3) is 5.91 Å². The molecule has 0 radical (unpaired) electrons. The molecule has 8 nitrogen and oxygen atoms in total. The van der Waals surface area contributed by atoms with E-state index in [1.54, 1.807) is 16.9 Å². The lowest BCUT2D eigenvalue weighted by atomic mass is 10.3. The van der Waals surface area contributed by atoms with E-state index in [1.807, 2.05) is 18.7 Å². The predicted molar refractivity (Wildman–Crippen MR) is 90.6 cm³/mol. The fraction of sp³-hybridized carbons (Fsp3) is 0.467. The summed E-state index contributed by atoms with van der Waals surface area (Å²) in [5, 5.41) is 7.20. The third-order valence-electron chi connectivity index (χ3n) is 3.64. The molecule has 1 amide bonds. The number of aromatic nitrogens is 4. The number of hydrogen-bond acceptors (Lipinski definition) is 6. The molecule has 0 unspecified atom stereocenters. The predicted octanol–water partition coefficient (Wildman–Crippen LogP) is 2.00. The molecule has 3 rings (SSSR count). The van der Waals surface area contributed by atoms with Crippen molar-refractivity contribution < 1.29 is 9.53 Å². The van der Waals surface area contributed by atoms with Crippen LogP contribution in [0.25, 0.3) is 0 Å². The number of carbonyl (C=O) groups excluding carboxylic acids is 1. The molecule has 3 heterocycles. The largest absolute Gasteiger partial charge is 0.378 e. The average Bonchev–Trinajstić information content (AvgIpc) is 3.04. The van der Waals surface area contributed by atoms with E-state index >= 15 is 0 Å². The maximum atomic E-state index is 12.6. The lowest BCUT2D eigenvalue weighted by molar-refractivity contribution is 0.102. The van der Waals surface area contributed by atoms with Gasteiger partial charge in [-0.2, -0.15) is 5.10 Å². The van der Waals surface area contributed by atoms with Crippen LogP contribution in [0.4, 0.5) is 11.8 Å². The third kappa shape index (κ3) is 3.49. The first kappa shape index (κ1) is 16.7.